The minimum absolute atomic E-state index is 0.454. The molecular formula is C12H20BNO2. The Labute approximate surface area is 97.7 Å². The summed E-state index contributed by atoms with van der Waals surface area (Å²) < 4.78 is 0. The Bertz CT molecular complexity index is 294. The summed E-state index contributed by atoms with van der Waals surface area (Å²) in [6, 6.07) is 3.65. The molecule has 0 unspecified atom stereocenters. The Kier molecular flexibility index (Phi) is 5.50. The van der Waals surface area contributed by atoms with Gasteiger partial charge in [0, 0.05) is 23.3 Å². The topological polar surface area (TPSA) is 53.4 Å². The molecule has 0 aliphatic heterocycles. The number of aromatic nitrogens is 1. The summed E-state index contributed by atoms with van der Waals surface area (Å²) >= 11 is 0. The maximum Gasteiger partial charge on any atom is 0.490 e. The summed E-state index contributed by atoms with van der Waals surface area (Å²) in [5.74, 6) is 0.500. The van der Waals surface area contributed by atoms with Crippen molar-refractivity contribution in [3.8, 4) is 0 Å². The van der Waals surface area contributed by atoms with Crippen LogP contribution < -0.4 is 5.46 Å². The van der Waals surface area contributed by atoms with E-state index in [4.69, 9.17) is 10.0 Å². The van der Waals surface area contributed by atoms with Gasteiger partial charge in [-0.2, -0.15) is 0 Å². The van der Waals surface area contributed by atoms with Gasteiger partial charge in [-0.05, 0) is 18.9 Å². The second kappa shape index (κ2) is 6.66. The Morgan fingerprint density at radius 3 is 2.19 bits per heavy atom. The molecule has 0 bridgehead atoms. The van der Waals surface area contributed by atoms with Crippen LogP contribution in [0.1, 0.15) is 51.1 Å². The minimum Gasteiger partial charge on any atom is -0.423 e. The zero-order chi connectivity index (χ0) is 12.0. The number of hydrogen-bond acceptors (Lipinski definition) is 3. The van der Waals surface area contributed by atoms with Gasteiger partial charge in [0.1, 0.15) is 0 Å². The predicted molar refractivity (Wildman–Crippen MR) is 66.6 cm³/mol. The van der Waals surface area contributed by atoms with Gasteiger partial charge in [0.05, 0.1) is 0 Å². The van der Waals surface area contributed by atoms with E-state index in [1.54, 1.807) is 12.3 Å². The molecule has 1 heterocycles. The van der Waals surface area contributed by atoms with E-state index < -0.39 is 7.12 Å². The van der Waals surface area contributed by atoms with Gasteiger partial charge in [-0.3, -0.25) is 4.98 Å². The van der Waals surface area contributed by atoms with Crippen molar-refractivity contribution in [2.45, 2.75) is 45.4 Å². The van der Waals surface area contributed by atoms with Crippen molar-refractivity contribution in [2.24, 2.45) is 0 Å². The smallest absolute Gasteiger partial charge is 0.423 e. The lowest BCUT2D eigenvalue weighted by molar-refractivity contribution is 0.425. The molecule has 0 atom stereocenters. The van der Waals surface area contributed by atoms with E-state index in [0.29, 0.717) is 11.4 Å². The first-order valence-electron chi connectivity index (χ1n) is 6.01. The minimum atomic E-state index is -1.42. The second-order valence-electron chi connectivity index (χ2n) is 4.16. The average molecular weight is 221 g/mol. The van der Waals surface area contributed by atoms with E-state index in [2.05, 4.69) is 18.8 Å². The molecule has 0 aromatic carbocycles. The quantitative estimate of drug-likeness (QED) is 0.714. The van der Waals surface area contributed by atoms with Crippen LogP contribution in [-0.4, -0.2) is 22.2 Å². The van der Waals surface area contributed by atoms with Crippen LogP contribution in [0.2, 0.25) is 0 Å². The molecule has 0 aliphatic rings. The van der Waals surface area contributed by atoms with Gasteiger partial charge in [0.2, 0.25) is 0 Å². The molecule has 88 valence electrons. The van der Waals surface area contributed by atoms with E-state index in [1.165, 1.54) is 0 Å². The first-order chi connectivity index (χ1) is 7.69. The Morgan fingerprint density at radius 2 is 1.81 bits per heavy atom. The molecule has 2 N–H and O–H groups in total. The third kappa shape index (κ3) is 3.61. The normalized spacial score (nSPS) is 10.8. The van der Waals surface area contributed by atoms with Crippen molar-refractivity contribution in [1.82, 2.24) is 4.98 Å². The van der Waals surface area contributed by atoms with Crippen LogP contribution in [0.25, 0.3) is 0 Å². The molecule has 0 radical (unpaired) electrons. The molecule has 0 amide bonds. The maximum atomic E-state index is 8.98. The molecule has 16 heavy (non-hydrogen) atoms. The van der Waals surface area contributed by atoms with Crippen molar-refractivity contribution >= 4 is 12.6 Å². The highest BCUT2D eigenvalue weighted by atomic mass is 16.4. The van der Waals surface area contributed by atoms with E-state index in [-0.39, 0.29) is 0 Å². The maximum absolute atomic E-state index is 8.98. The number of hydrogen-bond donors (Lipinski definition) is 2. The number of rotatable bonds is 6. The third-order valence-corrected chi connectivity index (χ3v) is 2.80. The molecule has 1 aromatic rings. The van der Waals surface area contributed by atoms with E-state index in [1.807, 2.05) is 6.07 Å². The molecular weight excluding hydrogens is 201 g/mol. The highest BCUT2D eigenvalue weighted by Crippen LogP contribution is 2.23. The van der Waals surface area contributed by atoms with Crippen molar-refractivity contribution in [3.63, 3.8) is 0 Å². The predicted octanol–water partition coefficient (Wildman–Crippen LogP) is 1.45. The largest absolute Gasteiger partial charge is 0.490 e. The molecule has 1 aromatic heterocycles. The van der Waals surface area contributed by atoms with Crippen LogP contribution in [0.5, 0.6) is 0 Å². The van der Waals surface area contributed by atoms with Crippen LogP contribution in [0.15, 0.2) is 18.3 Å². The highest BCUT2D eigenvalue weighted by Gasteiger charge is 2.14. The highest BCUT2D eigenvalue weighted by molar-refractivity contribution is 6.58. The van der Waals surface area contributed by atoms with Crippen LogP contribution in [0, 0.1) is 0 Å². The van der Waals surface area contributed by atoms with Crippen LogP contribution in [0.3, 0.4) is 0 Å². The van der Waals surface area contributed by atoms with Gasteiger partial charge in [-0.1, -0.05) is 32.8 Å². The van der Waals surface area contributed by atoms with Crippen molar-refractivity contribution < 1.29 is 10.0 Å². The summed E-state index contributed by atoms with van der Waals surface area (Å²) in [5.41, 5.74) is 1.52. The van der Waals surface area contributed by atoms with Gasteiger partial charge >= 0.3 is 7.12 Å². The van der Waals surface area contributed by atoms with Gasteiger partial charge < -0.3 is 10.0 Å². The molecule has 0 spiro atoms. The lowest BCUT2D eigenvalue weighted by atomic mass is 9.81. The molecule has 0 saturated carbocycles. The van der Waals surface area contributed by atoms with Crippen molar-refractivity contribution in [3.05, 3.63) is 24.0 Å². The Morgan fingerprint density at radius 1 is 1.19 bits per heavy atom. The molecule has 0 fully saturated rings. The van der Waals surface area contributed by atoms with Gasteiger partial charge in [0.15, 0.2) is 0 Å². The molecule has 1 rings (SSSR count). The summed E-state index contributed by atoms with van der Waals surface area (Å²) in [6.45, 7) is 4.35. The van der Waals surface area contributed by atoms with Crippen LogP contribution in [0.4, 0.5) is 0 Å². The second-order valence-corrected chi connectivity index (χ2v) is 4.16. The SMILES string of the molecule is CCCC(CCC)c1ccc(B(O)O)cn1. The fourth-order valence-corrected chi connectivity index (χ4v) is 1.95. The first kappa shape index (κ1) is 13.2. The van der Waals surface area contributed by atoms with Crippen molar-refractivity contribution in [1.29, 1.82) is 0 Å². The molecule has 0 saturated heterocycles. The fourth-order valence-electron chi connectivity index (χ4n) is 1.95. The van der Waals surface area contributed by atoms with E-state index in [9.17, 15) is 0 Å². The summed E-state index contributed by atoms with van der Waals surface area (Å²) in [6.07, 6.45) is 6.13. The van der Waals surface area contributed by atoms with E-state index >= 15 is 0 Å². The number of pyridine rings is 1. The third-order valence-electron chi connectivity index (χ3n) is 2.80. The fraction of sp³-hybridized carbons (Fsp3) is 0.583. The Hall–Kier alpha value is -0.865. The standard InChI is InChI=1S/C12H20BNO2/c1-3-5-10(6-4-2)12-8-7-11(9-14-12)13(15)16/h7-10,15-16H,3-6H2,1-2H3. The summed E-state index contributed by atoms with van der Waals surface area (Å²) in [7, 11) is -1.42. The Balaban J connectivity index is 2.76. The average Bonchev–Trinajstić information content (AvgIpc) is 2.29. The zero-order valence-corrected chi connectivity index (χ0v) is 10.1. The van der Waals surface area contributed by atoms with Gasteiger partial charge in [-0.25, -0.2) is 0 Å². The molecule has 0 aliphatic carbocycles. The number of nitrogens with zero attached hydrogens (tertiary/aromatic N) is 1. The van der Waals surface area contributed by atoms with Gasteiger partial charge in [0.25, 0.3) is 0 Å². The summed E-state index contributed by atoms with van der Waals surface area (Å²) in [5, 5.41) is 18.0. The van der Waals surface area contributed by atoms with Crippen LogP contribution >= 0.6 is 0 Å². The van der Waals surface area contributed by atoms with E-state index in [0.717, 1.165) is 31.4 Å². The lowest BCUT2D eigenvalue weighted by Gasteiger charge is -2.14. The monoisotopic (exact) mass is 221 g/mol. The van der Waals surface area contributed by atoms with Gasteiger partial charge in [-0.15, -0.1) is 0 Å². The van der Waals surface area contributed by atoms with Crippen LogP contribution in [-0.2, 0) is 0 Å². The summed E-state index contributed by atoms with van der Waals surface area (Å²) in [4.78, 5) is 4.32. The first-order valence-corrected chi connectivity index (χ1v) is 6.01. The lowest BCUT2D eigenvalue weighted by Crippen LogP contribution is -2.30. The molecule has 3 nitrogen and oxygen atoms in total. The van der Waals surface area contributed by atoms with Crippen molar-refractivity contribution in [2.75, 3.05) is 0 Å². The molecule has 4 heteroatoms. The zero-order valence-electron chi connectivity index (χ0n) is 10.1.